The number of ether oxygens (including phenoxy) is 4. The Hall–Kier alpha value is -1.14. The van der Waals surface area contributed by atoms with Crippen molar-refractivity contribution in [3.8, 4) is 0 Å². The summed E-state index contributed by atoms with van der Waals surface area (Å²) < 4.78 is 23.1. The standard InChI is InChI=1S/C27H50O6/c1-4-7-10-12-15-17-24(28)30-20-27(21-31-25(29)18-16-13-11-8-5-2)22-32-26(33-23-27)19-14-9-6-3/h26H,4-23H2,1-3H3. The Morgan fingerprint density at radius 2 is 1.09 bits per heavy atom. The fourth-order valence-corrected chi connectivity index (χ4v) is 3.92. The van der Waals surface area contributed by atoms with Crippen LogP contribution in [0.1, 0.15) is 124 Å². The Balaban J connectivity index is 2.47. The van der Waals surface area contributed by atoms with Crippen molar-refractivity contribution in [1.82, 2.24) is 0 Å². The lowest BCUT2D eigenvalue weighted by molar-refractivity contribution is -0.249. The van der Waals surface area contributed by atoms with E-state index in [1.165, 1.54) is 25.7 Å². The van der Waals surface area contributed by atoms with Crippen molar-refractivity contribution in [1.29, 1.82) is 0 Å². The van der Waals surface area contributed by atoms with Gasteiger partial charge in [-0.2, -0.15) is 0 Å². The van der Waals surface area contributed by atoms with Gasteiger partial charge in [0.15, 0.2) is 6.29 Å². The van der Waals surface area contributed by atoms with Crippen LogP contribution in [0.25, 0.3) is 0 Å². The molecule has 1 rings (SSSR count). The van der Waals surface area contributed by atoms with E-state index in [-0.39, 0.29) is 31.4 Å². The maximum absolute atomic E-state index is 12.3. The number of hydrogen-bond acceptors (Lipinski definition) is 6. The summed E-state index contributed by atoms with van der Waals surface area (Å²) in [5.74, 6) is -0.392. The van der Waals surface area contributed by atoms with Gasteiger partial charge in [-0.05, 0) is 25.7 Å². The van der Waals surface area contributed by atoms with Crippen molar-refractivity contribution in [3.05, 3.63) is 0 Å². The van der Waals surface area contributed by atoms with Gasteiger partial charge in [-0.1, -0.05) is 85.0 Å². The van der Waals surface area contributed by atoms with Crippen molar-refractivity contribution in [2.24, 2.45) is 5.41 Å². The Bertz CT molecular complexity index is 467. The van der Waals surface area contributed by atoms with Gasteiger partial charge in [0.25, 0.3) is 0 Å². The zero-order chi connectivity index (χ0) is 24.2. The monoisotopic (exact) mass is 470 g/mol. The van der Waals surface area contributed by atoms with Crippen molar-refractivity contribution in [2.75, 3.05) is 26.4 Å². The van der Waals surface area contributed by atoms with Crippen LogP contribution >= 0.6 is 0 Å². The van der Waals surface area contributed by atoms with E-state index in [0.717, 1.165) is 64.2 Å². The molecule has 6 heteroatoms. The summed E-state index contributed by atoms with van der Waals surface area (Å²) in [6.45, 7) is 7.59. The first-order valence-corrected chi connectivity index (χ1v) is 13.6. The van der Waals surface area contributed by atoms with E-state index in [0.29, 0.717) is 26.1 Å². The molecule has 0 aromatic heterocycles. The molecule has 1 heterocycles. The largest absolute Gasteiger partial charge is 0.465 e. The smallest absolute Gasteiger partial charge is 0.305 e. The third-order valence-corrected chi connectivity index (χ3v) is 6.24. The van der Waals surface area contributed by atoms with Crippen molar-refractivity contribution in [3.63, 3.8) is 0 Å². The van der Waals surface area contributed by atoms with Crippen molar-refractivity contribution < 1.29 is 28.5 Å². The molecule has 0 N–H and O–H groups in total. The van der Waals surface area contributed by atoms with Crippen molar-refractivity contribution in [2.45, 2.75) is 130 Å². The minimum atomic E-state index is -0.628. The van der Waals surface area contributed by atoms with Gasteiger partial charge < -0.3 is 18.9 Å². The number of hydrogen-bond donors (Lipinski definition) is 0. The predicted molar refractivity (Wildman–Crippen MR) is 131 cm³/mol. The van der Waals surface area contributed by atoms with Crippen LogP contribution < -0.4 is 0 Å². The lowest BCUT2D eigenvalue weighted by Crippen LogP contribution is -2.48. The SMILES string of the molecule is CCCCCCCC(=O)OCC1(COC(=O)CCCCCCC)COC(CCCCC)OC1. The molecule has 33 heavy (non-hydrogen) atoms. The second-order valence-corrected chi connectivity index (χ2v) is 9.70. The Morgan fingerprint density at radius 3 is 1.55 bits per heavy atom. The fourth-order valence-electron chi connectivity index (χ4n) is 3.92. The van der Waals surface area contributed by atoms with Gasteiger partial charge in [0.1, 0.15) is 13.2 Å². The Morgan fingerprint density at radius 1 is 0.667 bits per heavy atom. The summed E-state index contributed by atoms with van der Waals surface area (Å²) in [6, 6.07) is 0. The molecule has 1 aliphatic heterocycles. The van der Waals surface area contributed by atoms with Crippen LogP contribution in [0, 0.1) is 5.41 Å². The quantitative estimate of drug-likeness (QED) is 0.145. The first-order valence-electron chi connectivity index (χ1n) is 13.6. The minimum absolute atomic E-state index is 0.159. The molecule has 0 bridgehead atoms. The van der Waals surface area contributed by atoms with Gasteiger partial charge in [-0.15, -0.1) is 0 Å². The average molecular weight is 471 g/mol. The molecule has 194 valence electrons. The third kappa shape index (κ3) is 14.7. The fraction of sp³-hybridized carbons (Fsp3) is 0.926. The molecule has 0 atom stereocenters. The van der Waals surface area contributed by atoms with Gasteiger partial charge in [0, 0.05) is 12.8 Å². The molecule has 1 aliphatic rings. The molecule has 1 fully saturated rings. The third-order valence-electron chi connectivity index (χ3n) is 6.24. The summed E-state index contributed by atoms with van der Waals surface area (Å²) in [4.78, 5) is 24.5. The Kier molecular flexibility index (Phi) is 17.4. The van der Waals surface area contributed by atoms with Gasteiger partial charge in [0.05, 0.1) is 18.6 Å². The first kappa shape index (κ1) is 29.9. The second kappa shape index (κ2) is 19.2. The van der Waals surface area contributed by atoms with Crippen LogP contribution in [0.15, 0.2) is 0 Å². The molecule has 0 aliphatic carbocycles. The van der Waals surface area contributed by atoms with Crippen molar-refractivity contribution >= 4 is 11.9 Å². The van der Waals surface area contributed by atoms with E-state index >= 15 is 0 Å². The van der Waals surface area contributed by atoms with E-state index in [1.54, 1.807) is 0 Å². The number of esters is 2. The average Bonchev–Trinajstić information content (AvgIpc) is 2.82. The predicted octanol–water partition coefficient (Wildman–Crippen LogP) is 6.73. The van der Waals surface area contributed by atoms with Crippen LogP contribution in [0.5, 0.6) is 0 Å². The number of carbonyl (C=O) groups excluding carboxylic acids is 2. The number of rotatable bonds is 20. The molecule has 0 amide bonds. The van der Waals surface area contributed by atoms with Gasteiger partial charge in [0.2, 0.25) is 0 Å². The highest BCUT2D eigenvalue weighted by Crippen LogP contribution is 2.28. The van der Waals surface area contributed by atoms with Crippen LogP contribution in [-0.4, -0.2) is 44.7 Å². The van der Waals surface area contributed by atoms with E-state index in [4.69, 9.17) is 18.9 Å². The molecule has 0 aromatic rings. The van der Waals surface area contributed by atoms with E-state index < -0.39 is 5.41 Å². The van der Waals surface area contributed by atoms with Gasteiger partial charge in [-0.3, -0.25) is 9.59 Å². The summed E-state index contributed by atoms with van der Waals surface area (Å²) in [5.41, 5.74) is -0.628. The molecule has 6 nitrogen and oxygen atoms in total. The molecular weight excluding hydrogens is 420 g/mol. The van der Waals surface area contributed by atoms with E-state index in [1.807, 2.05) is 0 Å². The maximum atomic E-state index is 12.3. The van der Waals surface area contributed by atoms with Gasteiger partial charge in [-0.25, -0.2) is 0 Å². The molecular formula is C27H50O6. The summed E-state index contributed by atoms with van der Waals surface area (Å²) in [7, 11) is 0. The zero-order valence-electron chi connectivity index (χ0n) is 21.7. The Labute approximate surface area is 202 Å². The molecule has 0 spiro atoms. The van der Waals surface area contributed by atoms with Gasteiger partial charge >= 0.3 is 11.9 Å². The highest BCUT2D eigenvalue weighted by Gasteiger charge is 2.40. The molecule has 0 radical (unpaired) electrons. The summed E-state index contributed by atoms with van der Waals surface area (Å²) in [6.07, 6.45) is 15.8. The van der Waals surface area contributed by atoms with Crippen LogP contribution in [-0.2, 0) is 28.5 Å². The highest BCUT2D eigenvalue weighted by molar-refractivity contribution is 5.69. The molecule has 1 saturated heterocycles. The lowest BCUT2D eigenvalue weighted by Gasteiger charge is -2.39. The lowest BCUT2D eigenvalue weighted by atomic mass is 9.91. The molecule has 0 saturated carbocycles. The summed E-state index contributed by atoms with van der Waals surface area (Å²) >= 11 is 0. The molecule has 0 unspecified atom stereocenters. The topological polar surface area (TPSA) is 71.1 Å². The number of carbonyl (C=O) groups is 2. The zero-order valence-corrected chi connectivity index (χ0v) is 21.7. The normalized spacial score (nSPS) is 16.0. The maximum Gasteiger partial charge on any atom is 0.305 e. The first-order chi connectivity index (χ1) is 16.0. The van der Waals surface area contributed by atoms with E-state index in [2.05, 4.69) is 20.8 Å². The highest BCUT2D eigenvalue weighted by atomic mass is 16.7. The van der Waals surface area contributed by atoms with Crippen LogP contribution in [0.4, 0.5) is 0 Å². The number of unbranched alkanes of at least 4 members (excludes halogenated alkanes) is 10. The van der Waals surface area contributed by atoms with Crippen LogP contribution in [0.3, 0.4) is 0 Å². The second-order valence-electron chi connectivity index (χ2n) is 9.70. The molecule has 0 aromatic carbocycles. The van der Waals surface area contributed by atoms with E-state index in [9.17, 15) is 9.59 Å². The minimum Gasteiger partial charge on any atom is -0.465 e. The van der Waals surface area contributed by atoms with Crippen LogP contribution in [0.2, 0.25) is 0 Å². The summed E-state index contributed by atoms with van der Waals surface area (Å²) in [5, 5.41) is 0.